The third kappa shape index (κ3) is 7.71. The highest BCUT2D eigenvalue weighted by atomic mass is 32.1. The third-order valence-corrected chi connectivity index (χ3v) is 25.0. The molecule has 4 aliphatic carbocycles. The largest absolute Gasteiger partial charge is 0.289 e. The van der Waals surface area contributed by atoms with E-state index in [2.05, 4.69) is 102 Å². The van der Waals surface area contributed by atoms with Gasteiger partial charge < -0.3 is 0 Å². The van der Waals surface area contributed by atoms with E-state index in [1.54, 1.807) is 23.5 Å². The molecule has 0 atom stereocenters. The average Bonchev–Trinajstić information content (AvgIpc) is 1.49. The molecule has 6 aromatic heterocycles. The molecule has 0 amide bonds. The fraction of sp³-hybridized carbons (Fsp3) is 0.0769. The van der Waals surface area contributed by atoms with E-state index in [1.165, 1.54) is 34.0 Å². The number of thiophene rings is 4. The number of allylic oxidation sites excluding steroid dienone is 6. The molecule has 0 saturated carbocycles. The van der Waals surface area contributed by atoms with Crippen molar-refractivity contribution in [2.75, 3.05) is 0 Å². The summed E-state index contributed by atoms with van der Waals surface area (Å²) in [7, 11) is 0. The summed E-state index contributed by atoms with van der Waals surface area (Å²) in [6.07, 6.45) is 3.23. The van der Waals surface area contributed by atoms with Crippen LogP contribution in [0.4, 0.5) is 17.6 Å². The van der Waals surface area contributed by atoms with E-state index in [0.29, 0.717) is 37.2 Å². The minimum Gasteiger partial charge on any atom is -0.289 e. The lowest BCUT2D eigenvalue weighted by Gasteiger charge is -2.34. The quantitative estimate of drug-likeness (QED) is 0.0674. The van der Waals surface area contributed by atoms with Crippen LogP contribution in [-0.4, -0.2) is 30.6 Å². The molecule has 8 aromatic carbocycles. The van der Waals surface area contributed by atoms with Crippen LogP contribution in [0.2, 0.25) is 0 Å². The van der Waals surface area contributed by atoms with Gasteiger partial charge in [0.25, 0.3) is 5.70 Å². The minimum atomic E-state index is -1.24. The third-order valence-electron chi connectivity index (χ3n) is 19.5. The molecule has 464 valence electrons. The molecule has 14 aromatic rings. The molecule has 0 spiro atoms. The molecule has 0 unspecified atom stereocenters. The molecule has 0 bridgehead atoms. The first-order chi connectivity index (χ1) is 47.5. The highest BCUT2D eigenvalue weighted by Crippen LogP contribution is 2.69. The number of carbonyl (C=O) groups excluding carboxylic acids is 2. The molecule has 0 N–H and O–H groups in total. The van der Waals surface area contributed by atoms with Gasteiger partial charge in [-0.2, -0.15) is 19.3 Å². The minimum absolute atomic E-state index is 0.0431. The van der Waals surface area contributed by atoms with Crippen LogP contribution in [0.15, 0.2) is 161 Å². The fourth-order valence-electron chi connectivity index (χ4n) is 15.4. The van der Waals surface area contributed by atoms with Gasteiger partial charge in [-0.25, -0.2) is 32.3 Å². The molecule has 20 heteroatoms. The van der Waals surface area contributed by atoms with Gasteiger partial charge in [-0.1, -0.05) is 119 Å². The van der Waals surface area contributed by atoms with Crippen LogP contribution < -0.4 is 0 Å². The van der Waals surface area contributed by atoms with Crippen LogP contribution in [0.5, 0.6) is 0 Å². The average molecular weight is 1370 g/mol. The van der Waals surface area contributed by atoms with Crippen molar-refractivity contribution in [2.45, 2.75) is 38.5 Å². The van der Waals surface area contributed by atoms with E-state index in [-0.39, 0.29) is 44.5 Å². The number of halogens is 4. The Hall–Kier alpha value is -11.5. The smallest absolute Gasteiger partial charge is 0.270 e. The van der Waals surface area contributed by atoms with Crippen molar-refractivity contribution >= 4 is 145 Å². The van der Waals surface area contributed by atoms with Crippen molar-refractivity contribution in [3.63, 3.8) is 0 Å². The van der Waals surface area contributed by atoms with E-state index in [4.69, 9.17) is 30.3 Å². The van der Waals surface area contributed by atoms with Crippen molar-refractivity contribution in [3.05, 3.63) is 289 Å². The van der Waals surface area contributed by atoms with Crippen molar-refractivity contribution in [1.82, 2.24) is 19.1 Å². The molecule has 4 aliphatic rings. The Balaban J connectivity index is 0.975. The van der Waals surface area contributed by atoms with Gasteiger partial charge in [-0.15, -0.1) is 45.3 Å². The predicted octanol–water partition coefficient (Wildman–Crippen LogP) is 20.0. The number of aromatic nitrogens is 4. The van der Waals surface area contributed by atoms with Crippen LogP contribution >= 0.6 is 57.1 Å². The van der Waals surface area contributed by atoms with Gasteiger partial charge in [0.05, 0.1) is 64.1 Å². The standard InChI is InChI=1S/C78H36F4N8O3S5/c1-33-6-14-38(15-7-33)77(39-16-8-34(2)9-17-39)50-24-42(22-48-57(37(30-83)31-84)44-26-52(79)54(81)28-46(44)69(48)91)94-72(50)76-63(77)61-59-60(66-68(74(61)97-76)90-98-89-66)62-64-75(96-73(62)67-65(59)87-93-88-67)71-51(78(64,40-18-10-35(3)11-19-40)41-20-12-36(4)13-21-41)25-43(95-71)23-49-58(56(32-85)86-5)45-27-53(80)55(82)29-47(45)70(49)92/h6-29H,1-4H3/b48-22-,49-23-,58-56+. The van der Waals surface area contributed by atoms with Gasteiger partial charge in [0.2, 0.25) is 0 Å². The predicted molar refractivity (Wildman–Crippen MR) is 375 cm³/mol. The number of carbonyl (C=O) groups is 2. The summed E-state index contributed by atoms with van der Waals surface area (Å²) >= 11 is 6.98. The van der Waals surface area contributed by atoms with E-state index in [9.17, 15) is 25.4 Å². The second kappa shape index (κ2) is 21.0. The molecule has 0 fully saturated rings. The van der Waals surface area contributed by atoms with E-state index >= 15 is 17.6 Å². The van der Waals surface area contributed by atoms with Gasteiger partial charge in [0.1, 0.15) is 34.3 Å². The topological polar surface area (TPSA) is 175 Å². The Morgan fingerprint density at radius 1 is 0.480 bits per heavy atom. The van der Waals surface area contributed by atoms with Crippen molar-refractivity contribution in [1.29, 1.82) is 15.8 Å². The maximum atomic E-state index is 15.1. The molecule has 98 heavy (non-hydrogen) atoms. The molecule has 0 aliphatic heterocycles. The summed E-state index contributed by atoms with van der Waals surface area (Å²) in [5.41, 5.74) is 9.63. The maximum absolute atomic E-state index is 15.1. The highest BCUT2D eigenvalue weighted by molar-refractivity contribution is 7.29. The van der Waals surface area contributed by atoms with Crippen LogP contribution in [-0.2, 0) is 10.8 Å². The first-order valence-electron chi connectivity index (χ1n) is 30.4. The van der Waals surface area contributed by atoms with Crippen LogP contribution in [0.3, 0.4) is 0 Å². The van der Waals surface area contributed by atoms with Gasteiger partial charge in [0.15, 0.2) is 40.4 Å². The van der Waals surface area contributed by atoms with Gasteiger partial charge in [-0.3, -0.25) is 9.59 Å². The van der Waals surface area contributed by atoms with Crippen molar-refractivity contribution in [2.24, 2.45) is 0 Å². The molecule has 0 radical (unpaired) electrons. The number of rotatable bonds is 6. The second-order valence-electron chi connectivity index (χ2n) is 24.8. The summed E-state index contributed by atoms with van der Waals surface area (Å²) in [6.45, 7) is 16.1. The molecule has 6 heterocycles. The summed E-state index contributed by atoms with van der Waals surface area (Å²) in [4.78, 5) is 37.2. The van der Waals surface area contributed by atoms with E-state index in [1.807, 2.05) is 58.0 Å². The Bertz CT molecular complexity index is 5910. The molecular formula is C78H36F4N8O3S5. The van der Waals surface area contributed by atoms with Gasteiger partial charge in [0, 0.05) is 64.7 Å². The number of nitrogens with zero attached hydrogens (tertiary/aromatic N) is 8. The number of hydrogen-bond acceptors (Lipinski definition) is 15. The van der Waals surface area contributed by atoms with E-state index in [0.717, 1.165) is 148 Å². The van der Waals surface area contributed by atoms with Crippen LogP contribution in [0.25, 0.3) is 101 Å². The zero-order valence-corrected chi connectivity index (χ0v) is 55.3. The number of Topliss-reactive ketones (excluding diaryl/α,β-unsaturated/α-hetero) is 2. The Labute approximate surface area is 573 Å². The number of nitriles is 3. The first kappa shape index (κ1) is 59.1. The van der Waals surface area contributed by atoms with Gasteiger partial charge >= 0.3 is 0 Å². The first-order valence-corrected chi connectivity index (χ1v) is 34.4. The monoisotopic (exact) mass is 1370 g/mol. The fourth-order valence-corrected chi connectivity index (χ4v) is 21.3. The Morgan fingerprint density at radius 3 is 1.30 bits per heavy atom. The summed E-state index contributed by atoms with van der Waals surface area (Å²) in [5.74, 6) is -6.26. The molecule has 18 rings (SSSR count). The number of benzene rings is 8. The second-order valence-corrected chi connectivity index (χ2v) is 29.5. The zero-order valence-electron chi connectivity index (χ0n) is 51.2. The van der Waals surface area contributed by atoms with Crippen molar-refractivity contribution < 1.29 is 31.8 Å². The molecule has 0 saturated heterocycles. The number of aryl methyl sites for hydroxylation is 4. The number of ketones is 2. The number of hydrogen-bond donors (Lipinski definition) is 0. The normalized spacial score (nSPS) is 15.9. The Kier molecular flexibility index (Phi) is 12.7. The van der Waals surface area contributed by atoms with Crippen molar-refractivity contribution in [3.8, 4) is 37.7 Å². The van der Waals surface area contributed by atoms with E-state index < -0.39 is 56.9 Å². The lowest BCUT2D eigenvalue weighted by molar-refractivity contribution is 0.103. The van der Waals surface area contributed by atoms with Crippen LogP contribution in [0, 0.1) is 91.5 Å². The maximum Gasteiger partial charge on any atom is 0.270 e. The lowest BCUT2D eigenvalue weighted by atomic mass is 9.66. The summed E-state index contributed by atoms with van der Waals surface area (Å²) < 4.78 is 78.4. The molecule has 11 nitrogen and oxygen atoms in total. The number of fused-ring (bicyclic) bond motifs is 21. The summed E-state index contributed by atoms with van der Waals surface area (Å²) in [6, 6.07) is 46.8. The van der Waals surface area contributed by atoms with Gasteiger partial charge in [-0.05, 0) is 142 Å². The van der Waals surface area contributed by atoms with Crippen LogP contribution in [0.1, 0.15) is 108 Å². The lowest BCUT2D eigenvalue weighted by Crippen LogP contribution is -2.28. The Morgan fingerprint density at radius 2 is 0.867 bits per heavy atom. The SMILES string of the molecule is [C-]#[N+]/C(C#N)=C1/C(=C/c2cc3c(s2)-c2sc4c5nonc5c5c6c7c(sc6c6nsnc6c5c4c2C3(c2ccc(C)cc2)c2ccc(C)cc2)-c2sc(/C=C3\C(=O)c4cc(F)c(F)cc4C3=C(C#N)C#N)cc2C7(c2ccc(C)cc2)c2ccc(C)cc2)C(=O)c2cc(F)c(F)cc21. The molecular weight excluding hydrogens is 1330 g/mol. The zero-order chi connectivity index (χ0) is 67.3. The summed E-state index contributed by atoms with van der Waals surface area (Å²) in [5, 5.41) is 43.9. The highest BCUT2D eigenvalue weighted by Gasteiger charge is 2.54.